The molecule has 2 nitrogen and oxygen atoms in total. The Kier molecular flexibility index (Phi) is 51.6. The zero-order valence-electron chi connectivity index (χ0n) is 33.3. The SMILES string of the molecule is CCCCCCCCCCN(CCCCCCCCCC)C(=S)[S-].CCCCCCCCCCN(CCCCCCCCCC)C(=S)[S-].[Fe+2]. The molecule has 0 N–H and O–H groups in total. The summed E-state index contributed by atoms with van der Waals surface area (Å²) in [6.45, 7) is 13.4. The van der Waals surface area contributed by atoms with Crippen molar-refractivity contribution in [3.8, 4) is 0 Å². The van der Waals surface area contributed by atoms with Crippen molar-refractivity contribution in [3.05, 3.63) is 0 Å². The molecule has 0 saturated heterocycles. The fourth-order valence-electron chi connectivity index (χ4n) is 6.33. The van der Waals surface area contributed by atoms with Crippen molar-refractivity contribution in [2.45, 2.75) is 233 Å². The number of hydrogen-bond donors (Lipinski definition) is 0. The van der Waals surface area contributed by atoms with E-state index in [2.05, 4.69) is 37.5 Å². The van der Waals surface area contributed by atoms with Crippen LogP contribution >= 0.6 is 24.4 Å². The first-order valence-corrected chi connectivity index (χ1v) is 23.0. The van der Waals surface area contributed by atoms with E-state index in [0.29, 0.717) is 8.64 Å². The Balaban J connectivity index is -0.000000846. The quantitative estimate of drug-likeness (QED) is 0.0268. The van der Waals surface area contributed by atoms with E-state index in [9.17, 15) is 0 Å². The Hall–Kier alpha value is 0.739. The van der Waals surface area contributed by atoms with E-state index >= 15 is 0 Å². The molecule has 0 rings (SSSR count). The molecule has 0 amide bonds. The van der Waals surface area contributed by atoms with Crippen LogP contribution in [0.1, 0.15) is 233 Å². The minimum Gasteiger partial charge on any atom is -0.411 e. The largest absolute Gasteiger partial charge is 2.00 e. The Bertz CT molecular complexity index is 558. The molecule has 0 aliphatic heterocycles. The Morgan fingerprint density at radius 3 is 0.592 bits per heavy atom. The van der Waals surface area contributed by atoms with Crippen molar-refractivity contribution >= 4 is 58.3 Å². The molecule has 0 aliphatic carbocycles. The van der Waals surface area contributed by atoms with E-state index in [1.807, 2.05) is 0 Å². The summed E-state index contributed by atoms with van der Waals surface area (Å²) >= 11 is 21.0. The average molecular weight is 801 g/mol. The molecule has 0 aliphatic rings. The molecule has 0 saturated carbocycles. The molecular weight excluding hydrogens is 717 g/mol. The zero-order valence-corrected chi connectivity index (χ0v) is 37.7. The molecule has 0 aromatic carbocycles. The van der Waals surface area contributed by atoms with Crippen molar-refractivity contribution in [2.75, 3.05) is 26.2 Å². The van der Waals surface area contributed by atoms with Crippen molar-refractivity contribution in [1.82, 2.24) is 9.80 Å². The van der Waals surface area contributed by atoms with Crippen molar-refractivity contribution in [3.63, 3.8) is 0 Å². The predicted molar refractivity (Wildman–Crippen MR) is 234 cm³/mol. The minimum atomic E-state index is 0. The van der Waals surface area contributed by atoms with Gasteiger partial charge in [0.1, 0.15) is 0 Å². The van der Waals surface area contributed by atoms with Gasteiger partial charge in [0.2, 0.25) is 0 Å². The van der Waals surface area contributed by atoms with Gasteiger partial charge in [-0.3, -0.25) is 0 Å². The first-order chi connectivity index (χ1) is 23.4. The summed E-state index contributed by atoms with van der Waals surface area (Å²) in [5, 5.41) is 0. The van der Waals surface area contributed by atoms with E-state index in [0.717, 1.165) is 26.2 Å². The topological polar surface area (TPSA) is 6.48 Å². The van der Waals surface area contributed by atoms with E-state index in [-0.39, 0.29) is 17.1 Å². The van der Waals surface area contributed by atoms with Gasteiger partial charge >= 0.3 is 17.1 Å². The summed E-state index contributed by atoms with van der Waals surface area (Å²) in [6.07, 6.45) is 43.7. The van der Waals surface area contributed by atoms with Crippen LogP contribution in [0.3, 0.4) is 0 Å². The van der Waals surface area contributed by atoms with Gasteiger partial charge in [0.25, 0.3) is 0 Å². The summed E-state index contributed by atoms with van der Waals surface area (Å²) < 4.78 is 1.36. The molecule has 49 heavy (non-hydrogen) atoms. The summed E-state index contributed by atoms with van der Waals surface area (Å²) in [7, 11) is 0. The Labute approximate surface area is 342 Å². The maximum Gasteiger partial charge on any atom is 2.00 e. The van der Waals surface area contributed by atoms with Gasteiger partial charge in [0, 0.05) is 26.2 Å². The number of hydrogen-bond acceptors (Lipinski definition) is 4. The van der Waals surface area contributed by atoms with Crippen LogP contribution in [-0.4, -0.2) is 44.6 Å². The van der Waals surface area contributed by atoms with Crippen LogP contribution in [0, 0.1) is 0 Å². The zero-order chi connectivity index (χ0) is 35.8. The van der Waals surface area contributed by atoms with Gasteiger partial charge in [-0.2, -0.15) is 0 Å². The standard InChI is InChI=1S/2C21H43NS2.Fe/c2*1-3-5-7-9-11-13-15-17-19-22(21(23)24)20-18-16-14-12-10-8-6-4-2;/h2*3-20H2,1-2H3,(H,23,24);/q;;+2/p-2. The van der Waals surface area contributed by atoms with Crippen molar-refractivity contribution in [2.24, 2.45) is 0 Å². The molecule has 294 valence electrons. The molecule has 0 unspecified atom stereocenters. The van der Waals surface area contributed by atoms with Crippen molar-refractivity contribution in [1.29, 1.82) is 0 Å². The van der Waals surface area contributed by atoms with Gasteiger partial charge in [-0.05, 0) is 25.7 Å². The normalized spacial score (nSPS) is 10.7. The van der Waals surface area contributed by atoms with Crippen LogP contribution in [0.5, 0.6) is 0 Å². The molecular formula is C42H84FeN2S4. The molecule has 0 bridgehead atoms. The Morgan fingerprint density at radius 2 is 0.449 bits per heavy atom. The van der Waals surface area contributed by atoms with Crippen LogP contribution in [0.4, 0.5) is 0 Å². The number of thiocarbonyl (C=S) groups is 2. The average Bonchev–Trinajstić information content (AvgIpc) is 3.07. The van der Waals surface area contributed by atoms with Crippen LogP contribution in [0.2, 0.25) is 0 Å². The smallest absolute Gasteiger partial charge is 0.411 e. The van der Waals surface area contributed by atoms with Crippen LogP contribution in [-0.2, 0) is 42.3 Å². The number of nitrogens with zero attached hydrogens (tertiary/aromatic N) is 2. The molecule has 0 aromatic rings. The Morgan fingerprint density at radius 1 is 0.306 bits per heavy atom. The summed E-state index contributed by atoms with van der Waals surface area (Å²) in [5.74, 6) is 0. The fraction of sp³-hybridized carbons (Fsp3) is 0.952. The number of rotatable bonds is 36. The van der Waals surface area contributed by atoms with E-state index in [4.69, 9.17) is 49.7 Å². The first kappa shape index (κ1) is 54.1. The molecule has 0 spiro atoms. The van der Waals surface area contributed by atoms with E-state index in [1.54, 1.807) is 0 Å². The number of unbranched alkanes of at least 4 members (excludes halogenated alkanes) is 28. The molecule has 7 heteroatoms. The van der Waals surface area contributed by atoms with Gasteiger partial charge in [-0.25, -0.2) is 0 Å². The van der Waals surface area contributed by atoms with Gasteiger partial charge in [0.05, 0.1) is 0 Å². The first-order valence-electron chi connectivity index (χ1n) is 21.4. The predicted octanol–water partition coefficient (Wildman–Crippen LogP) is 14.8. The molecule has 0 fully saturated rings. The maximum atomic E-state index is 5.25. The van der Waals surface area contributed by atoms with Crippen LogP contribution < -0.4 is 0 Å². The van der Waals surface area contributed by atoms with Crippen LogP contribution in [0.15, 0.2) is 0 Å². The van der Waals surface area contributed by atoms with E-state index in [1.165, 1.54) is 205 Å². The van der Waals surface area contributed by atoms with Crippen LogP contribution in [0.25, 0.3) is 0 Å². The second-order valence-electron chi connectivity index (χ2n) is 14.4. The van der Waals surface area contributed by atoms with Gasteiger partial charge < -0.3 is 59.5 Å². The maximum absolute atomic E-state index is 5.25. The summed E-state index contributed by atoms with van der Waals surface area (Å²) in [6, 6.07) is 0. The second-order valence-corrected chi connectivity index (χ2v) is 16.5. The third-order valence-corrected chi connectivity index (χ3v) is 10.7. The molecule has 0 aromatic heterocycles. The third-order valence-electron chi connectivity index (χ3n) is 9.64. The molecule has 0 radical (unpaired) electrons. The summed E-state index contributed by atoms with van der Waals surface area (Å²) in [4.78, 5) is 4.53. The van der Waals surface area contributed by atoms with E-state index < -0.39 is 0 Å². The van der Waals surface area contributed by atoms with Crippen molar-refractivity contribution < 1.29 is 17.1 Å². The molecule has 0 atom stereocenters. The second kappa shape index (κ2) is 46.8. The van der Waals surface area contributed by atoms with Gasteiger partial charge in [-0.15, -0.1) is 0 Å². The van der Waals surface area contributed by atoms with Gasteiger partial charge in [-0.1, -0.05) is 216 Å². The molecule has 0 heterocycles. The van der Waals surface area contributed by atoms with Gasteiger partial charge in [0.15, 0.2) is 0 Å². The summed E-state index contributed by atoms with van der Waals surface area (Å²) in [5.41, 5.74) is 0. The minimum absolute atomic E-state index is 0. The monoisotopic (exact) mass is 800 g/mol. The fourth-order valence-corrected chi connectivity index (χ4v) is 7.07. The third kappa shape index (κ3) is 44.8.